The van der Waals surface area contributed by atoms with Gasteiger partial charge in [0.05, 0.1) is 6.20 Å². The van der Waals surface area contributed by atoms with Gasteiger partial charge in [-0.15, -0.1) is 0 Å². The maximum absolute atomic E-state index is 10.5. The average Bonchev–Trinajstić information content (AvgIpc) is 2.95. The van der Waals surface area contributed by atoms with Crippen LogP contribution in [-0.2, 0) is 6.54 Å². The van der Waals surface area contributed by atoms with E-state index in [2.05, 4.69) is 10.1 Å². The molecule has 2 aromatic heterocycles. The number of benzene rings is 1. The molecule has 19 heavy (non-hydrogen) atoms. The van der Waals surface area contributed by atoms with Crippen molar-refractivity contribution in [3.63, 3.8) is 0 Å². The van der Waals surface area contributed by atoms with Crippen molar-refractivity contribution in [1.82, 2.24) is 14.8 Å². The zero-order valence-electron chi connectivity index (χ0n) is 10.7. The summed E-state index contributed by atoms with van der Waals surface area (Å²) in [5.41, 5.74) is 1.61. The second-order valence-corrected chi connectivity index (χ2v) is 4.48. The molecule has 0 fully saturated rings. The highest BCUT2D eigenvalue weighted by Crippen LogP contribution is 2.27. The topological polar surface area (TPSA) is 50.9 Å². The lowest BCUT2D eigenvalue weighted by atomic mass is 10.0. The minimum absolute atomic E-state index is 0.695. The molecule has 96 valence electrons. The quantitative estimate of drug-likeness (QED) is 0.780. The number of hydrogen-bond donors (Lipinski definition) is 1. The summed E-state index contributed by atoms with van der Waals surface area (Å²) in [6.07, 6.45) is 6.40. The van der Waals surface area contributed by atoms with Crippen molar-refractivity contribution in [2.45, 2.75) is 19.6 Å². The van der Waals surface area contributed by atoms with Crippen LogP contribution < -0.4 is 0 Å². The van der Waals surface area contributed by atoms with Crippen LogP contribution in [0.4, 0.5) is 0 Å². The molecule has 1 N–H and O–H groups in total. The predicted molar refractivity (Wildman–Crippen MR) is 73.7 cm³/mol. The molecule has 4 heteroatoms. The van der Waals surface area contributed by atoms with Gasteiger partial charge in [0.25, 0.3) is 0 Å². The first-order chi connectivity index (χ1) is 9.29. The van der Waals surface area contributed by atoms with Crippen LogP contribution in [0.25, 0.3) is 10.8 Å². The molecule has 1 atom stereocenters. The lowest BCUT2D eigenvalue weighted by molar-refractivity contribution is 0.221. The molecule has 0 saturated heterocycles. The molecule has 0 amide bonds. The van der Waals surface area contributed by atoms with Gasteiger partial charge in [-0.05, 0) is 12.3 Å². The summed E-state index contributed by atoms with van der Waals surface area (Å²) < 4.78 is 1.80. The first-order valence-corrected chi connectivity index (χ1v) is 6.32. The van der Waals surface area contributed by atoms with Gasteiger partial charge in [-0.3, -0.25) is 9.67 Å². The molecule has 1 aromatic carbocycles. The van der Waals surface area contributed by atoms with E-state index in [0.717, 1.165) is 28.4 Å². The van der Waals surface area contributed by atoms with E-state index < -0.39 is 6.10 Å². The number of aromatic nitrogens is 3. The third-order valence-electron chi connectivity index (χ3n) is 3.29. The maximum Gasteiger partial charge on any atom is 0.109 e. The number of hydrogen-bond acceptors (Lipinski definition) is 3. The van der Waals surface area contributed by atoms with Crippen LogP contribution in [0.15, 0.2) is 49.1 Å². The highest BCUT2D eigenvalue weighted by molar-refractivity contribution is 5.85. The second kappa shape index (κ2) is 4.82. The molecule has 3 rings (SSSR count). The number of rotatable bonds is 3. The largest absolute Gasteiger partial charge is 0.383 e. The highest BCUT2D eigenvalue weighted by atomic mass is 16.3. The van der Waals surface area contributed by atoms with Gasteiger partial charge in [-0.25, -0.2) is 0 Å². The molecule has 3 aromatic rings. The molecule has 0 aliphatic rings. The Balaban J connectivity index is 2.08. The van der Waals surface area contributed by atoms with E-state index in [4.69, 9.17) is 0 Å². The summed E-state index contributed by atoms with van der Waals surface area (Å²) in [5, 5.41) is 16.8. The zero-order chi connectivity index (χ0) is 13.2. The summed E-state index contributed by atoms with van der Waals surface area (Å²) >= 11 is 0. The maximum atomic E-state index is 10.5. The summed E-state index contributed by atoms with van der Waals surface area (Å²) in [7, 11) is 0. The molecule has 1 unspecified atom stereocenters. The zero-order valence-corrected chi connectivity index (χ0v) is 10.7. The molecule has 0 bridgehead atoms. The summed E-state index contributed by atoms with van der Waals surface area (Å²) in [6.45, 7) is 2.81. The Bertz CT molecular complexity index is 700. The van der Waals surface area contributed by atoms with Crippen LogP contribution in [-0.4, -0.2) is 19.9 Å². The molecular formula is C15H15N3O. The molecule has 0 aliphatic carbocycles. The number of aliphatic hydroxyl groups is 1. The van der Waals surface area contributed by atoms with E-state index in [1.54, 1.807) is 23.3 Å². The Morgan fingerprint density at radius 2 is 2.05 bits per heavy atom. The summed E-state index contributed by atoms with van der Waals surface area (Å²) in [6, 6.07) is 7.93. The van der Waals surface area contributed by atoms with E-state index in [1.807, 2.05) is 37.4 Å². The van der Waals surface area contributed by atoms with Crippen molar-refractivity contribution in [2.24, 2.45) is 0 Å². The normalized spacial score (nSPS) is 12.7. The van der Waals surface area contributed by atoms with E-state index in [-0.39, 0.29) is 0 Å². The molecule has 0 spiro atoms. The number of pyridine rings is 1. The van der Waals surface area contributed by atoms with Crippen molar-refractivity contribution < 1.29 is 5.11 Å². The van der Waals surface area contributed by atoms with Crippen LogP contribution >= 0.6 is 0 Å². The van der Waals surface area contributed by atoms with Gasteiger partial charge in [0.15, 0.2) is 0 Å². The van der Waals surface area contributed by atoms with Crippen molar-refractivity contribution in [3.05, 3.63) is 60.2 Å². The third kappa shape index (κ3) is 2.11. The van der Waals surface area contributed by atoms with E-state index in [9.17, 15) is 5.11 Å². The molecule has 0 saturated carbocycles. The lowest BCUT2D eigenvalue weighted by Crippen LogP contribution is -2.00. The van der Waals surface area contributed by atoms with Gasteiger partial charge >= 0.3 is 0 Å². The van der Waals surface area contributed by atoms with Crippen LogP contribution in [0.1, 0.15) is 24.2 Å². The highest BCUT2D eigenvalue weighted by Gasteiger charge is 2.15. The van der Waals surface area contributed by atoms with Crippen LogP contribution in [0.5, 0.6) is 0 Å². The third-order valence-corrected chi connectivity index (χ3v) is 3.29. The van der Waals surface area contributed by atoms with E-state index in [1.165, 1.54) is 0 Å². The van der Waals surface area contributed by atoms with Crippen molar-refractivity contribution in [1.29, 1.82) is 0 Å². The van der Waals surface area contributed by atoms with Gasteiger partial charge in [0.1, 0.15) is 6.10 Å². The fourth-order valence-electron chi connectivity index (χ4n) is 2.23. The molecule has 4 nitrogen and oxygen atoms in total. The van der Waals surface area contributed by atoms with Crippen molar-refractivity contribution >= 4 is 10.8 Å². The van der Waals surface area contributed by atoms with Crippen LogP contribution in [0, 0.1) is 0 Å². The first-order valence-electron chi connectivity index (χ1n) is 6.32. The Kier molecular flexibility index (Phi) is 3.01. The Labute approximate surface area is 111 Å². The first kappa shape index (κ1) is 11.9. The number of nitrogens with zero attached hydrogens (tertiary/aromatic N) is 3. The van der Waals surface area contributed by atoms with Gasteiger partial charge in [-0.1, -0.05) is 24.3 Å². The number of fused-ring (bicyclic) bond motifs is 1. The molecule has 2 heterocycles. The SMILES string of the molecule is CCn1cc(C(O)c2cncc3ccccc23)cn1. The number of aliphatic hydroxyl groups excluding tert-OH is 1. The Morgan fingerprint density at radius 1 is 1.21 bits per heavy atom. The second-order valence-electron chi connectivity index (χ2n) is 4.48. The van der Waals surface area contributed by atoms with E-state index >= 15 is 0 Å². The van der Waals surface area contributed by atoms with Gasteiger partial charge in [-0.2, -0.15) is 5.10 Å². The molecular weight excluding hydrogens is 238 g/mol. The number of aryl methyl sites for hydroxylation is 1. The fourth-order valence-corrected chi connectivity index (χ4v) is 2.23. The minimum Gasteiger partial charge on any atom is -0.383 e. The van der Waals surface area contributed by atoms with Gasteiger partial charge in [0, 0.05) is 41.6 Å². The summed E-state index contributed by atoms with van der Waals surface area (Å²) in [5.74, 6) is 0. The van der Waals surface area contributed by atoms with Crippen LogP contribution in [0.3, 0.4) is 0 Å². The van der Waals surface area contributed by atoms with Crippen LogP contribution in [0.2, 0.25) is 0 Å². The Morgan fingerprint density at radius 3 is 2.84 bits per heavy atom. The summed E-state index contributed by atoms with van der Waals surface area (Å²) in [4.78, 5) is 4.20. The minimum atomic E-state index is -0.695. The molecule has 0 aliphatic heterocycles. The predicted octanol–water partition coefficient (Wildman–Crippen LogP) is 2.53. The standard InChI is InChI=1S/C15H15N3O/c1-2-18-10-12(8-17-18)15(19)14-9-16-7-11-5-3-4-6-13(11)14/h3-10,15,19H,2H2,1H3. The van der Waals surface area contributed by atoms with Crippen molar-refractivity contribution in [2.75, 3.05) is 0 Å². The average molecular weight is 253 g/mol. The monoisotopic (exact) mass is 253 g/mol. The van der Waals surface area contributed by atoms with Crippen molar-refractivity contribution in [3.8, 4) is 0 Å². The Hall–Kier alpha value is -2.20. The fraction of sp³-hybridized carbons (Fsp3) is 0.200. The van der Waals surface area contributed by atoms with Gasteiger partial charge in [0.2, 0.25) is 0 Å². The van der Waals surface area contributed by atoms with Gasteiger partial charge < -0.3 is 5.11 Å². The lowest BCUT2D eigenvalue weighted by Gasteiger charge is -2.11. The van der Waals surface area contributed by atoms with E-state index in [0.29, 0.717) is 0 Å². The molecule has 0 radical (unpaired) electrons. The smallest absolute Gasteiger partial charge is 0.109 e.